The smallest absolute Gasteiger partial charge is 0.407 e. The summed E-state index contributed by atoms with van der Waals surface area (Å²) in [5.41, 5.74) is 6.60. The lowest BCUT2D eigenvalue weighted by Crippen LogP contribution is -2.30. The number of carbonyl (C=O) groups excluding carboxylic acids is 1. The molecular formula is C12H20N2O4. The van der Waals surface area contributed by atoms with Gasteiger partial charge in [0.25, 0.3) is 0 Å². The summed E-state index contributed by atoms with van der Waals surface area (Å²) in [4.78, 5) is 21.6. The fourth-order valence-electron chi connectivity index (χ4n) is 1.47. The van der Waals surface area contributed by atoms with Crippen molar-refractivity contribution < 1.29 is 19.4 Å². The van der Waals surface area contributed by atoms with Gasteiger partial charge in [0.1, 0.15) is 12.6 Å². The second-order valence-corrected chi connectivity index (χ2v) is 4.48. The van der Waals surface area contributed by atoms with Crippen LogP contribution in [0.1, 0.15) is 26.2 Å². The van der Waals surface area contributed by atoms with E-state index in [0.29, 0.717) is 38.3 Å². The number of hydrogen-bond donors (Lipinski definition) is 3. The molecule has 0 radical (unpaired) electrons. The molecule has 0 fully saturated rings. The Morgan fingerprint density at radius 1 is 1.56 bits per heavy atom. The summed E-state index contributed by atoms with van der Waals surface area (Å²) >= 11 is 0. The minimum Gasteiger partial charge on any atom is -0.480 e. The van der Waals surface area contributed by atoms with Crippen LogP contribution in [-0.4, -0.2) is 36.4 Å². The predicted molar refractivity (Wildman–Crippen MR) is 66.1 cm³/mol. The third-order valence-electron chi connectivity index (χ3n) is 2.86. The van der Waals surface area contributed by atoms with Crippen molar-refractivity contribution in [1.82, 2.24) is 5.32 Å². The van der Waals surface area contributed by atoms with E-state index < -0.39 is 18.1 Å². The summed E-state index contributed by atoms with van der Waals surface area (Å²) in [6, 6.07) is -0.819. The fraction of sp³-hybridized carbons (Fsp3) is 0.667. The normalized spacial score (nSPS) is 18.8. The van der Waals surface area contributed by atoms with Gasteiger partial charge in [-0.15, -0.1) is 0 Å². The van der Waals surface area contributed by atoms with Gasteiger partial charge in [0.05, 0.1) is 0 Å². The van der Waals surface area contributed by atoms with Gasteiger partial charge < -0.3 is 20.9 Å². The minimum absolute atomic E-state index is 0.323. The van der Waals surface area contributed by atoms with Crippen LogP contribution in [-0.2, 0) is 9.53 Å². The van der Waals surface area contributed by atoms with E-state index in [0.717, 1.165) is 0 Å². The summed E-state index contributed by atoms with van der Waals surface area (Å²) in [5, 5.41) is 11.2. The van der Waals surface area contributed by atoms with Crippen LogP contribution in [0, 0.1) is 5.92 Å². The number of nitrogens with two attached hydrogens (primary N) is 1. The van der Waals surface area contributed by atoms with Gasteiger partial charge in [0, 0.05) is 12.5 Å². The number of carboxylic acid groups (broad SMARTS) is 1. The zero-order valence-corrected chi connectivity index (χ0v) is 10.5. The summed E-state index contributed by atoms with van der Waals surface area (Å²) in [6.07, 6.45) is 3.39. The molecule has 0 aromatic heterocycles. The number of unbranched alkanes of at least 4 members (excludes halogenated alkanes) is 1. The van der Waals surface area contributed by atoms with E-state index in [2.05, 4.69) is 5.32 Å². The van der Waals surface area contributed by atoms with Crippen LogP contribution in [0.3, 0.4) is 0 Å². The molecule has 0 heterocycles. The quantitative estimate of drug-likeness (QED) is 0.442. The highest BCUT2D eigenvalue weighted by molar-refractivity contribution is 5.72. The van der Waals surface area contributed by atoms with Gasteiger partial charge in [-0.3, -0.25) is 4.79 Å². The third-order valence-corrected chi connectivity index (χ3v) is 2.86. The lowest BCUT2D eigenvalue weighted by Gasteiger charge is -2.08. The lowest BCUT2D eigenvalue weighted by molar-refractivity contribution is -0.138. The topological polar surface area (TPSA) is 102 Å². The lowest BCUT2D eigenvalue weighted by atomic mass is 10.1. The van der Waals surface area contributed by atoms with Gasteiger partial charge in [0.2, 0.25) is 0 Å². The Balaban J connectivity index is 1.90. The van der Waals surface area contributed by atoms with Crippen LogP contribution >= 0.6 is 0 Å². The van der Waals surface area contributed by atoms with E-state index in [-0.39, 0.29) is 0 Å². The van der Waals surface area contributed by atoms with Crippen molar-refractivity contribution >= 4 is 12.1 Å². The van der Waals surface area contributed by atoms with Gasteiger partial charge >= 0.3 is 12.1 Å². The molecule has 4 N–H and O–H groups in total. The van der Waals surface area contributed by atoms with Crippen molar-refractivity contribution in [3.8, 4) is 0 Å². The first-order valence-corrected chi connectivity index (χ1v) is 6.08. The molecule has 6 heteroatoms. The molecular weight excluding hydrogens is 236 g/mol. The zero-order chi connectivity index (χ0) is 13.5. The van der Waals surface area contributed by atoms with Gasteiger partial charge in [-0.1, -0.05) is 11.6 Å². The van der Waals surface area contributed by atoms with E-state index in [9.17, 15) is 9.59 Å². The number of carboxylic acids is 1. The first-order valence-electron chi connectivity index (χ1n) is 6.08. The molecule has 0 aromatic carbocycles. The van der Waals surface area contributed by atoms with Gasteiger partial charge in [0.15, 0.2) is 0 Å². The molecule has 0 aliphatic heterocycles. The second-order valence-electron chi connectivity index (χ2n) is 4.48. The van der Waals surface area contributed by atoms with Gasteiger partial charge in [-0.25, -0.2) is 4.79 Å². The molecule has 1 rings (SSSR count). The van der Waals surface area contributed by atoms with E-state index >= 15 is 0 Å². The van der Waals surface area contributed by atoms with Crippen molar-refractivity contribution in [2.45, 2.75) is 32.2 Å². The summed E-state index contributed by atoms with van der Waals surface area (Å²) in [7, 11) is 0. The molecule has 1 aliphatic rings. The highest BCUT2D eigenvalue weighted by atomic mass is 16.5. The SMILES string of the molecule is CC1=CC1COC(=O)NCCCCC(N)C(=O)O. The number of rotatable bonds is 8. The summed E-state index contributed by atoms with van der Waals surface area (Å²) in [6.45, 7) is 2.88. The molecule has 102 valence electrons. The van der Waals surface area contributed by atoms with Crippen LogP contribution < -0.4 is 11.1 Å². The van der Waals surface area contributed by atoms with Crippen molar-refractivity contribution in [2.24, 2.45) is 11.7 Å². The number of alkyl carbamates (subject to hydrolysis) is 1. The maximum Gasteiger partial charge on any atom is 0.407 e. The Hall–Kier alpha value is -1.56. The number of ether oxygens (including phenoxy) is 1. The highest BCUT2D eigenvalue weighted by Gasteiger charge is 2.21. The van der Waals surface area contributed by atoms with Crippen molar-refractivity contribution in [2.75, 3.05) is 13.2 Å². The standard InChI is InChI=1S/C12H20N2O4/c1-8-6-9(8)7-18-12(17)14-5-3-2-4-10(13)11(15)16/h6,9-10H,2-5,7,13H2,1H3,(H,14,17)(H,15,16). The fourth-order valence-corrected chi connectivity index (χ4v) is 1.47. The van der Waals surface area contributed by atoms with Crippen molar-refractivity contribution in [3.63, 3.8) is 0 Å². The van der Waals surface area contributed by atoms with Gasteiger partial charge in [-0.2, -0.15) is 0 Å². The predicted octanol–water partition coefficient (Wildman–Crippen LogP) is 0.871. The Kier molecular flexibility index (Phi) is 5.64. The Morgan fingerprint density at radius 3 is 2.78 bits per heavy atom. The third kappa shape index (κ3) is 5.67. The number of nitrogens with one attached hydrogen (secondary N) is 1. The van der Waals surface area contributed by atoms with E-state index in [1.54, 1.807) is 0 Å². The molecule has 0 saturated carbocycles. The van der Waals surface area contributed by atoms with Gasteiger partial charge in [-0.05, 0) is 26.2 Å². The van der Waals surface area contributed by atoms with Crippen molar-refractivity contribution in [1.29, 1.82) is 0 Å². The monoisotopic (exact) mass is 256 g/mol. The maximum absolute atomic E-state index is 11.2. The molecule has 0 spiro atoms. The summed E-state index contributed by atoms with van der Waals surface area (Å²) < 4.78 is 4.98. The molecule has 0 saturated heterocycles. The first kappa shape index (κ1) is 14.5. The Morgan fingerprint density at radius 2 is 2.22 bits per heavy atom. The van der Waals surface area contributed by atoms with Crippen LogP contribution in [0.15, 0.2) is 11.6 Å². The average molecular weight is 256 g/mol. The van der Waals surface area contributed by atoms with Crippen LogP contribution in [0.4, 0.5) is 4.79 Å². The molecule has 0 bridgehead atoms. The van der Waals surface area contributed by atoms with Crippen LogP contribution in [0.25, 0.3) is 0 Å². The zero-order valence-electron chi connectivity index (χ0n) is 10.5. The van der Waals surface area contributed by atoms with E-state index in [1.807, 2.05) is 13.0 Å². The highest BCUT2D eigenvalue weighted by Crippen LogP contribution is 2.27. The molecule has 1 aliphatic carbocycles. The first-order chi connectivity index (χ1) is 8.50. The molecule has 18 heavy (non-hydrogen) atoms. The number of aliphatic carboxylic acids is 1. The molecule has 2 unspecified atom stereocenters. The molecule has 2 atom stereocenters. The Labute approximate surface area is 106 Å². The van der Waals surface area contributed by atoms with Crippen LogP contribution in [0.5, 0.6) is 0 Å². The maximum atomic E-state index is 11.2. The minimum atomic E-state index is -0.991. The van der Waals surface area contributed by atoms with Crippen molar-refractivity contribution in [3.05, 3.63) is 11.6 Å². The second kappa shape index (κ2) is 7.00. The number of carbonyl (C=O) groups is 2. The van der Waals surface area contributed by atoms with E-state index in [1.165, 1.54) is 5.57 Å². The molecule has 1 amide bonds. The number of amides is 1. The van der Waals surface area contributed by atoms with Crippen LogP contribution in [0.2, 0.25) is 0 Å². The summed E-state index contributed by atoms with van der Waals surface area (Å²) in [5.74, 6) is -0.668. The average Bonchev–Trinajstić information content (AvgIpc) is 3.02. The number of hydrogen-bond acceptors (Lipinski definition) is 4. The van der Waals surface area contributed by atoms with E-state index in [4.69, 9.17) is 15.6 Å². The largest absolute Gasteiger partial charge is 0.480 e. The Bertz CT molecular complexity index is 341. The molecule has 0 aromatic rings. The molecule has 6 nitrogen and oxygen atoms in total.